The van der Waals surface area contributed by atoms with Crippen LogP contribution < -0.4 is 5.32 Å². The largest absolute Gasteiger partial charge is 0.307 e. The minimum absolute atomic E-state index is 0.00793. The highest BCUT2D eigenvalue weighted by Gasteiger charge is 2.16. The molecule has 0 aliphatic heterocycles. The van der Waals surface area contributed by atoms with Crippen molar-refractivity contribution in [2.24, 2.45) is 0 Å². The van der Waals surface area contributed by atoms with E-state index in [1.807, 2.05) is 24.3 Å². The van der Waals surface area contributed by atoms with E-state index in [4.69, 9.17) is 11.6 Å². The van der Waals surface area contributed by atoms with Gasteiger partial charge in [0.05, 0.1) is 28.3 Å². The standard InChI is InChI=1S/C17H12BrClN4O3/c18-14-4-2-1-3-11(14)10-22-16(7-8-20-22)21-17(24)13-6-5-12(23(25)26)9-15(13)19/h1-9H,10H2,(H,21,24). The zero-order chi connectivity index (χ0) is 18.7. The number of hydrogen-bond acceptors (Lipinski definition) is 4. The predicted molar refractivity (Wildman–Crippen MR) is 102 cm³/mol. The first kappa shape index (κ1) is 18.1. The summed E-state index contributed by atoms with van der Waals surface area (Å²) in [5.74, 6) is 0.0129. The molecule has 0 atom stereocenters. The van der Waals surface area contributed by atoms with E-state index < -0.39 is 10.8 Å². The molecule has 3 aromatic rings. The number of benzene rings is 2. The molecule has 0 radical (unpaired) electrons. The number of nitro groups is 1. The maximum atomic E-state index is 12.5. The van der Waals surface area contributed by atoms with Gasteiger partial charge in [-0.25, -0.2) is 4.68 Å². The SMILES string of the molecule is O=C(Nc1ccnn1Cc1ccccc1Br)c1ccc([N+](=O)[O-])cc1Cl. The van der Waals surface area contributed by atoms with E-state index in [2.05, 4.69) is 26.3 Å². The zero-order valence-corrected chi connectivity index (χ0v) is 15.6. The molecule has 0 fully saturated rings. The van der Waals surface area contributed by atoms with Crippen LogP contribution in [0.15, 0.2) is 59.2 Å². The Morgan fingerprint density at radius 2 is 2.04 bits per heavy atom. The van der Waals surface area contributed by atoms with Gasteiger partial charge in [0.25, 0.3) is 11.6 Å². The fourth-order valence-corrected chi connectivity index (χ4v) is 3.01. The first-order valence-electron chi connectivity index (χ1n) is 7.46. The minimum atomic E-state index is -0.569. The first-order chi connectivity index (χ1) is 12.5. The van der Waals surface area contributed by atoms with Crippen molar-refractivity contribution in [1.29, 1.82) is 0 Å². The van der Waals surface area contributed by atoms with Gasteiger partial charge < -0.3 is 5.32 Å². The fourth-order valence-electron chi connectivity index (χ4n) is 2.34. The number of hydrogen-bond donors (Lipinski definition) is 1. The van der Waals surface area contributed by atoms with E-state index in [0.717, 1.165) is 16.1 Å². The lowest BCUT2D eigenvalue weighted by Crippen LogP contribution is -2.16. The van der Waals surface area contributed by atoms with Gasteiger partial charge in [0, 0.05) is 22.7 Å². The number of nitro benzene ring substituents is 1. The van der Waals surface area contributed by atoms with Gasteiger partial charge in [-0.15, -0.1) is 0 Å². The van der Waals surface area contributed by atoms with Crippen LogP contribution in [0.3, 0.4) is 0 Å². The Morgan fingerprint density at radius 1 is 1.27 bits per heavy atom. The second kappa shape index (κ2) is 7.67. The van der Waals surface area contributed by atoms with Crippen LogP contribution >= 0.6 is 27.5 Å². The fraction of sp³-hybridized carbons (Fsp3) is 0.0588. The molecular weight excluding hydrogens is 424 g/mol. The van der Waals surface area contributed by atoms with E-state index in [1.165, 1.54) is 12.1 Å². The lowest BCUT2D eigenvalue weighted by molar-refractivity contribution is -0.384. The molecule has 26 heavy (non-hydrogen) atoms. The molecule has 9 heteroatoms. The summed E-state index contributed by atoms with van der Waals surface area (Å²) >= 11 is 9.49. The quantitative estimate of drug-likeness (QED) is 0.472. The van der Waals surface area contributed by atoms with Crippen LogP contribution in [0.5, 0.6) is 0 Å². The third-order valence-electron chi connectivity index (χ3n) is 3.64. The Kier molecular flexibility index (Phi) is 5.34. The molecular formula is C17H12BrClN4O3. The van der Waals surface area contributed by atoms with Crippen molar-refractivity contribution in [3.63, 3.8) is 0 Å². The van der Waals surface area contributed by atoms with E-state index in [1.54, 1.807) is 16.9 Å². The normalized spacial score (nSPS) is 10.5. The van der Waals surface area contributed by atoms with Gasteiger partial charge in [0.2, 0.25) is 0 Å². The van der Waals surface area contributed by atoms with Gasteiger partial charge in [-0.05, 0) is 17.7 Å². The number of carbonyl (C=O) groups excluding carboxylic acids is 1. The molecule has 0 aliphatic carbocycles. The van der Waals surface area contributed by atoms with Gasteiger partial charge in [-0.2, -0.15) is 5.10 Å². The van der Waals surface area contributed by atoms with Gasteiger partial charge in [0.1, 0.15) is 5.82 Å². The highest BCUT2D eigenvalue weighted by atomic mass is 79.9. The number of anilines is 1. The molecule has 3 rings (SSSR count). The summed E-state index contributed by atoms with van der Waals surface area (Å²) in [6.07, 6.45) is 1.57. The molecule has 1 N–H and O–H groups in total. The Bertz CT molecular complexity index is 990. The number of nitrogens with zero attached hydrogens (tertiary/aromatic N) is 3. The summed E-state index contributed by atoms with van der Waals surface area (Å²) in [4.78, 5) is 22.7. The van der Waals surface area contributed by atoms with E-state index >= 15 is 0 Å². The van der Waals surface area contributed by atoms with E-state index in [0.29, 0.717) is 12.4 Å². The van der Waals surface area contributed by atoms with Gasteiger partial charge in [0.15, 0.2) is 0 Å². The predicted octanol–water partition coefficient (Wildman–Crippen LogP) is 4.51. The lowest BCUT2D eigenvalue weighted by Gasteiger charge is -2.11. The van der Waals surface area contributed by atoms with E-state index in [-0.39, 0.29) is 16.3 Å². The summed E-state index contributed by atoms with van der Waals surface area (Å²) in [6, 6.07) is 13.1. The Labute approximate surface area is 161 Å². The molecule has 0 spiro atoms. The zero-order valence-electron chi connectivity index (χ0n) is 13.2. The number of rotatable bonds is 5. The molecule has 1 amide bonds. The highest BCUT2D eigenvalue weighted by Crippen LogP contribution is 2.24. The van der Waals surface area contributed by atoms with Crippen molar-refractivity contribution < 1.29 is 9.72 Å². The van der Waals surface area contributed by atoms with E-state index in [9.17, 15) is 14.9 Å². The molecule has 1 aromatic heterocycles. The summed E-state index contributed by atoms with van der Waals surface area (Å²) < 4.78 is 2.57. The molecule has 132 valence electrons. The Morgan fingerprint density at radius 3 is 2.73 bits per heavy atom. The topological polar surface area (TPSA) is 90.1 Å². The van der Waals surface area contributed by atoms with Crippen LogP contribution in [-0.2, 0) is 6.54 Å². The summed E-state index contributed by atoms with van der Waals surface area (Å²) in [7, 11) is 0. The van der Waals surface area contributed by atoms with Crippen molar-refractivity contribution in [1.82, 2.24) is 9.78 Å². The van der Waals surface area contributed by atoms with Crippen molar-refractivity contribution in [2.75, 3.05) is 5.32 Å². The number of aromatic nitrogens is 2. The highest BCUT2D eigenvalue weighted by molar-refractivity contribution is 9.10. The van der Waals surface area contributed by atoms with Crippen LogP contribution in [0, 0.1) is 10.1 Å². The monoisotopic (exact) mass is 434 g/mol. The maximum Gasteiger partial charge on any atom is 0.270 e. The van der Waals surface area contributed by atoms with Crippen molar-refractivity contribution in [3.05, 3.63) is 85.5 Å². The molecule has 0 saturated carbocycles. The third-order valence-corrected chi connectivity index (χ3v) is 4.73. The van der Waals surface area contributed by atoms with Crippen molar-refractivity contribution >= 4 is 44.9 Å². The van der Waals surface area contributed by atoms with Gasteiger partial charge in [-0.3, -0.25) is 14.9 Å². The molecule has 0 aliphatic rings. The van der Waals surface area contributed by atoms with Crippen LogP contribution in [-0.4, -0.2) is 20.6 Å². The molecule has 0 bridgehead atoms. The first-order valence-corrected chi connectivity index (χ1v) is 8.63. The van der Waals surface area contributed by atoms with Crippen LogP contribution in [0.1, 0.15) is 15.9 Å². The maximum absolute atomic E-state index is 12.5. The number of halogens is 2. The van der Waals surface area contributed by atoms with Gasteiger partial charge >= 0.3 is 0 Å². The summed E-state index contributed by atoms with van der Waals surface area (Å²) in [5, 5.41) is 17.7. The number of non-ortho nitro benzene ring substituents is 1. The Hall–Kier alpha value is -2.71. The smallest absolute Gasteiger partial charge is 0.270 e. The summed E-state index contributed by atoms with van der Waals surface area (Å²) in [5.41, 5.74) is 0.969. The molecule has 0 unspecified atom stereocenters. The lowest BCUT2D eigenvalue weighted by atomic mass is 10.2. The second-order valence-electron chi connectivity index (χ2n) is 5.34. The van der Waals surface area contributed by atoms with Crippen molar-refractivity contribution in [3.8, 4) is 0 Å². The molecule has 1 heterocycles. The number of amides is 1. The number of carbonyl (C=O) groups is 1. The molecule has 7 nitrogen and oxygen atoms in total. The Balaban J connectivity index is 1.80. The molecule has 0 saturated heterocycles. The summed E-state index contributed by atoms with van der Waals surface area (Å²) in [6.45, 7) is 0.456. The van der Waals surface area contributed by atoms with Crippen LogP contribution in [0.25, 0.3) is 0 Å². The van der Waals surface area contributed by atoms with Crippen molar-refractivity contribution in [2.45, 2.75) is 6.54 Å². The number of nitrogens with one attached hydrogen (secondary N) is 1. The van der Waals surface area contributed by atoms with Crippen LogP contribution in [0.2, 0.25) is 5.02 Å². The second-order valence-corrected chi connectivity index (χ2v) is 6.60. The van der Waals surface area contributed by atoms with Gasteiger partial charge in [-0.1, -0.05) is 45.7 Å². The molecule has 2 aromatic carbocycles. The average molecular weight is 436 g/mol. The minimum Gasteiger partial charge on any atom is -0.307 e. The average Bonchev–Trinajstić information content (AvgIpc) is 3.03. The third kappa shape index (κ3) is 3.92. The van der Waals surface area contributed by atoms with Crippen LogP contribution in [0.4, 0.5) is 11.5 Å².